The molecule has 0 spiro atoms. The molecule has 0 aromatic carbocycles. The van der Waals surface area contributed by atoms with Crippen molar-refractivity contribution in [3.05, 3.63) is 11.8 Å². The predicted octanol–water partition coefficient (Wildman–Crippen LogP) is 1.63. The summed E-state index contributed by atoms with van der Waals surface area (Å²) in [5.74, 6) is 0.706. The molecule has 1 atom stereocenters. The summed E-state index contributed by atoms with van der Waals surface area (Å²) in [6.07, 6.45) is 3.87. The highest BCUT2D eigenvalue weighted by Crippen LogP contribution is 2.19. The number of hydrogen-bond donors (Lipinski definition) is 2. The maximum atomic E-state index is 5.76. The summed E-state index contributed by atoms with van der Waals surface area (Å²) in [6.45, 7) is 5.04. The van der Waals surface area contributed by atoms with Crippen molar-refractivity contribution in [2.45, 2.75) is 45.3 Å². The minimum atomic E-state index is 0.230. The van der Waals surface area contributed by atoms with E-state index in [1.807, 2.05) is 13.0 Å². The van der Waals surface area contributed by atoms with Crippen molar-refractivity contribution in [2.24, 2.45) is 0 Å². The van der Waals surface area contributed by atoms with E-state index in [2.05, 4.69) is 22.4 Å². The monoisotopic (exact) mass is 209 g/mol. The van der Waals surface area contributed by atoms with E-state index in [1.54, 1.807) is 0 Å². The van der Waals surface area contributed by atoms with E-state index in [1.165, 1.54) is 12.8 Å². The molecule has 0 saturated heterocycles. The topological polar surface area (TPSA) is 49.9 Å². The van der Waals surface area contributed by atoms with Gasteiger partial charge in [-0.05, 0) is 26.2 Å². The van der Waals surface area contributed by atoms with Crippen LogP contribution in [-0.4, -0.2) is 28.9 Å². The van der Waals surface area contributed by atoms with Crippen LogP contribution in [0.25, 0.3) is 0 Å². The fourth-order valence-corrected chi connectivity index (χ4v) is 1.48. The normalized spacial score (nSPS) is 17.7. The van der Waals surface area contributed by atoms with Gasteiger partial charge in [0, 0.05) is 24.3 Å². The minimum absolute atomic E-state index is 0.230. The predicted molar refractivity (Wildman–Crippen MR) is 59.1 cm³/mol. The fourth-order valence-electron chi connectivity index (χ4n) is 1.48. The Kier molecular flexibility index (Phi) is 3.26. The van der Waals surface area contributed by atoms with Crippen molar-refractivity contribution in [1.29, 1.82) is 0 Å². The summed E-state index contributed by atoms with van der Waals surface area (Å²) in [6, 6.07) is 2.67. The molecule has 1 aromatic heterocycles. The highest BCUT2D eigenvalue weighted by Gasteiger charge is 2.22. The molecule has 4 nitrogen and oxygen atoms in total. The summed E-state index contributed by atoms with van der Waals surface area (Å²) < 4.78 is 5.76. The third-order valence-corrected chi connectivity index (χ3v) is 2.64. The van der Waals surface area contributed by atoms with Crippen LogP contribution in [0.2, 0.25) is 0 Å². The van der Waals surface area contributed by atoms with Crippen LogP contribution in [0.15, 0.2) is 6.07 Å². The van der Waals surface area contributed by atoms with Gasteiger partial charge in [0.15, 0.2) is 0 Å². The molecule has 84 valence electrons. The Balaban J connectivity index is 1.78. The molecule has 2 N–H and O–H groups in total. The number of aromatic amines is 1. The van der Waals surface area contributed by atoms with E-state index < -0.39 is 0 Å². The molecular weight excluding hydrogens is 190 g/mol. The Bertz CT molecular complexity index is 307. The first-order valence-electron chi connectivity index (χ1n) is 5.70. The largest absolute Gasteiger partial charge is 0.472 e. The molecule has 1 heterocycles. The SMILES string of the molecule is CCC(CNC1CC1)Oc1cc(C)[nH]n1. The summed E-state index contributed by atoms with van der Waals surface area (Å²) >= 11 is 0. The third-order valence-electron chi connectivity index (χ3n) is 2.64. The van der Waals surface area contributed by atoms with Crippen LogP contribution >= 0.6 is 0 Å². The molecule has 1 fully saturated rings. The molecular formula is C11H19N3O. The number of rotatable bonds is 6. The molecule has 0 radical (unpaired) electrons. The fraction of sp³-hybridized carbons (Fsp3) is 0.727. The molecule has 15 heavy (non-hydrogen) atoms. The number of H-pyrrole nitrogens is 1. The van der Waals surface area contributed by atoms with Gasteiger partial charge >= 0.3 is 0 Å². The smallest absolute Gasteiger partial charge is 0.233 e. The average molecular weight is 209 g/mol. The van der Waals surface area contributed by atoms with E-state index in [0.29, 0.717) is 5.88 Å². The summed E-state index contributed by atoms with van der Waals surface area (Å²) in [4.78, 5) is 0. The first kappa shape index (κ1) is 10.5. The van der Waals surface area contributed by atoms with Crippen LogP contribution in [0.1, 0.15) is 31.9 Å². The van der Waals surface area contributed by atoms with Crippen LogP contribution in [-0.2, 0) is 0 Å². The number of nitrogens with one attached hydrogen (secondary N) is 2. The maximum Gasteiger partial charge on any atom is 0.233 e. The zero-order valence-electron chi connectivity index (χ0n) is 9.42. The Morgan fingerprint density at radius 2 is 2.47 bits per heavy atom. The van der Waals surface area contributed by atoms with Gasteiger partial charge in [0.25, 0.3) is 0 Å². The molecule has 1 saturated carbocycles. The van der Waals surface area contributed by atoms with E-state index in [4.69, 9.17) is 4.74 Å². The van der Waals surface area contributed by atoms with Gasteiger partial charge < -0.3 is 10.1 Å². The van der Waals surface area contributed by atoms with Gasteiger partial charge in [-0.15, -0.1) is 5.10 Å². The second kappa shape index (κ2) is 4.66. The Hall–Kier alpha value is -1.03. The minimum Gasteiger partial charge on any atom is -0.472 e. The van der Waals surface area contributed by atoms with Crippen LogP contribution in [0.5, 0.6) is 5.88 Å². The zero-order valence-corrected chi connectivity index (χ0v) is 9.42. The van der Waals surface area contributed by atoms with Crippen LogP contribution in [0, 0.1) is 6.92 Å². The van der Waals surface area contributed by atoms with Crippen molar-refractivity contribution in [3.8, 4) is 5.88 Å². The molecule has 2 rings (SSSR count). The van der Waals surface area contributed by atoms with Gasteiger partial charge in [-0.2, -0.15) is 0 Å². The zero-order chi connectivity index (χ0) is 10.7. The molecule has 1 unspecified atom stereocenters. The van der Waals surface area contributed by atoms with Crippen LogP contribution in [0.3, 0.4) is 0 Å². The molecule has 1 aliphatic rings. The quantitative estimate of drug-likeness (QED) is 0.748. The lowest BCUT2D eigenvalue weighted by Crippen LogP contribution is -2.32. The second-order valence-corrected chi connectivity index (χ2v) is 4.22. The van der Waals surface area contributed by atoms with Crippen LogP contribution in [0.4, 0.5) is 0 Å². The number of ether oxygens (including phenoxy) is 1. The number of hydrogen-bond acceptors (Lipinski definition) is 3. The molecule has 1 aromatic rings. The second-order valence-electron chi connectivity index (χ2n) is 4.22. The van der Waals surface area contributed by atoms with Crippen molar-refractivity contribution in [2.75, 3.05) is 6.54 Å². The van der Waals surface area contributed by atoms with Crippen molar-refractivity contribution in [1.82, 2.24) is 15.5 Å². The number of nitrogens with zero attached hydrogens (tertiary/aromatic N) is 1. The van der Waals surface area contributed by atoms with E-state index in [0.717, 1.165) is 24.7 Å². The Morgan fingerprint density at radius 1 is 1.67 bits per heavy atom. The molecule has 1 aliphatic carbocycles. The number of aromatic nitrogens is 2. The van der Waals surface area contributed by atoms with Gasteiger partial charge in [0.2, 0.25) is 5.88 Å². The summed E-state index contributed by atoms with van der Waals surface area (Å²) in [5.41, 5.74) is 1.04. The van der Waals surface area contributed by atoms with Gasteiger partial charge in [-0.3, -0.25) is 5.10 Å². The molecule has 0 bridgehead atoms. The maximum absolute atomic E-state index is 5.76. The van der Waals surface area contributed by atoms with E-state index in [-0.39, 0.29) is 6.10 Å². The Labute approximate surface area is 90.4 Å². The van der Waals surface area contributed by atoms with Gasteiger partial charge in [-0.1, -0.05) is 6.92 Å². The van der Waals surface area contributed by atoms with Crippen molar-refractivity contribution >= 4 is 0 Å². The first-order valence-corrected chi connectivity index (χ1v) is 5.70. The van der Waals surface area contributed by atoms with Crippen LogP contribution < -0.4 is 10.1 Å². The Morgan fingerprint density at radius 3 is 3.00 bits per heavy atom. The first-order chi connectivity index (χ1) is 7.28. The average Bonchev–Trinajstić information content (AvgIpc) is 2.97. The molecule has 0 aliphatic heterocycles. The third kappa shape index (κ3) is 3.23. The standard InChI is InChI=1S/C11H19N3O/c1-3-10(7-12-9-4-5-9)15-11-6-8(2)13-14-11/h6,9-10,12H,3-5,7H2,1-2H3,(H,13,14). The van der Waals surface area contributed by atoms with Gasteiger partial charge in [0.1, 0.15) is 6.10 Å². The van der Waals surface area contributed by atoms with E-state index in [9.17, 15) is 0 Å². The number of aryl methyl sites for hydroxylation is 1. The van der Waals surface area contributed by atoms with E-state index >= 15 is 0 Å². The van der Waals surface area contributed by atoms with Gasteiger partial charge in [-0.25, -0.2) is 0 Å². The molecule has 0 amide bonds. The summed E-state index contributed by atoms with van der Waals surface area (Å²) in [5, 5.41) is 10.4. The lowest BCUT2D eigenvalue weighted by molar-refractivity contribution is 0.185. The highest BCUT2D eigenvalue weighted by atomic mass is 16.5. The molecule has 4 heteroatoms. The highest BCUT2D eigenvalue weighted by molar-refractivity contribution is 5.12. The van der Waals surface area contributed by atoms with Gasteiger partial charge in [0.05, 0.1) is 0 Å². The van der Waals surface area contributed by atoms with Crippen molar-refractivity contribution in [3.63, 3.8) is 0 Å². The summed E-state index contributed by atoms with van der Waals surface area (Å²) in [7, 11) is 0. The lowest BCUT2D eigenvalue weighted by atomic mass is 10.3. The lowest BCUT2D eigenvalue weighted by Gasteiger charge is -2.15. The van der Waals surface area contributed by atoms with Crippen molar-refractivity contribution < 1.29 is 4.74 Å².